The van der Waals surface area contributed by atoms with Crippen LogP contribution in [0, 0.1) is 11.8 Å². The highest BCUT2D eigenvalue weighted by Crippen LogP contribution is 2.38. The van der Waals surface area contributed by atoms with Gasteiger partial charge in [0.2, 0.25) is 5.91 Å². The van der Waals surface area contributed by atoms with Crippen LogP contribution in [0.3, 0.4) is 0 Å². The highest BCUT2D eigenvalue weighted by molar-refractivity contribution is 5.83. The summed E-state index contributed by atoms with van der Waals surface area (Å²) in [4.78, 5) is 25.6. The summed E-state index contributed by atoms with van der Waals surface area (Å²) >= 11 is 0. The summed E-state index contributed by atoms with van der Waals surface area (Å²) in [6.07, 6.45) is 2.19. The molecular formula is C18H26N4O2. The molecule has 1 saturated carbocycles. The number of hydrogen-bond acceptors (Lipinski definition) is 3. The molecule has 0 aromatic heterocycles. The minimum Gasteiger partial charge on any atom is -0.358 e. The molecule has 6 heteroatoms. The van der Waals surface area contributed by atoms with Crippen LogP contribution in [0.1, 0.15) is 18.4 Å². The van der Waals surface area contributed by atoms with Crippen LogP contribution in [-0.2, 0) is 11.3 Å². The number of rotatable bonds is 5. The number of carbonyl (C=O) groups is 2. The van der Waals surface area contributed by atoms with Crippen LogP contribution in [0.25, 0.3) is 0 Å². The third-order valence-electron chi connectivity index (χ3n) is 5.19. The summed E-state index contributed by atoms with van der Waals surface area (Å²) in [7, 11) is 1.56. The maximum Gasteiger partial charge on any atom is 0.315 e. The van der Waals surface area contributed by atoms with Gasteiger partial charge in [0, 0.05) is 32.7 Å². The van der Waals surface area contributed by atoms with Crippen molar-refractivity contribution in [2.75, 3.05) is 26.7 Å². The Labute approximate surface area is 143 Å². The molecule has 3 atom stereocenters. The van der Waals surface area contributed by atoms with Gasteiger partial charge in [-0.2, -0.15) is 0 Å². The summed E-state index contributed by atoms with van der Waals surface area (Å²) < 4.78 is 0. The lowest BCUT2D eigenvalue weighted by Crippen LogP contribution is -2.47. The van der Waals surface area contributed by atoms with Crippen molar-refractivity contribution in [2.24, 2.45) is 11.8 Å². The Morgan fingerprint density at radius 2 is 1.96 bits per heavy atom. The number of carbonyl (C=O) groups excluding carboxylic acids is 2. The van der Waals surface area contributed by atoms with Gasteiger partial charge < -0.3 is 16.0 Å². The van der Waals surface area contributed by atoms with Gasteiger partial charge in [0.05, 0.1) is 6.54 Å². The Morgan fingerprint density at radius 3 is 2.71 bits per heavy atom. The first kappa shape index (κ1) is 16.8. The molecular weight excluding hydrogens is 304 g/mol. The largest absolute Gasteiger partial charge is 0.358 e. The quantitative estimate of drug-likeness (QED) is 0.752. The summed E-state index contributed by atoms with van der Waals surface area (Å²) in [5.41, 5.74) is 1.34. The van der Waals surface area contributed by atoms with Crippen molar-refractivity contribution in [2.45, 2.75) is 25.4 Å². The number of likely N-dealkylation sites (tertiary alicyclic amines) is 1. The number of hydrogen-bond donors (Lipinski definition) is 3. The van der Waals surface area contributed by atoms with Gasteiger partial charge in [-0.25, -0.2) is 4.79 Å². The Kier molecular flexibility index (Phi) is 5.35. The van der Waals surface area contributed by atoms with Crippen molar-refractivity contribution in [3.63, 3.8) is 0 Å². The first-order chi connectivity index (χ1) is 11.7. The number of fused-ring (bicyclic) bond motifs is 1. The highest BCUT2D eigenvalue weighted by Gasteiger charge is 2.42. The smallest absolute Gasteiger partial charge is 0.315 e. The second kappa shape index (κ2) is 7.66. The summed E-state index contributed by atoms with van der Waals surface area (Å²) in [6, 6.07) is 10.5. The van der Waals surface area contributed by atoms with Gasteiger partial charge in [0.25, 0.3) is 0 Å². The normalized spacial score (nSPS) is 26.0. The van der Waals surface area contributed by atoms with Crippen LogP contribution < -0.4 is 16.0 Å². The van der Waals surface area contributed by atoms with Crippen LogP contribution in [-0.4, -0.2) is 49.6 Å². The van der Waals surface area contributed by atoms with Gasteiger partial charge in [0.1, 0.15) is 0 Å². The lowest BCUT2D eigenvalue weighted by atomic mass is 9.98. The standard InChI is InChI=1S/C18H26N4O2/c1-19-17(23)9-20-18(24)21-16-8-7-14-11-22(12-15(14)16)10-13-5-3-2-4-6-13/h2-6,14-16H,7-12H2,1H3,(H,19,23)(H2,20,21,24). The van der Waals surface area contributed by atoms with Crippen LogP contribution in [0.5, 0.6) is 0 Å². The van der Waals surface area contributed by atoms with E-state index < -0.39 is 0 Å². The van der Waals surface area contributed by atoms with Crippen LogP contribution in [0.2, 0.25) is 0 Å². The molecule has 1 aromatic rings. The van der Waals surface area contributed by atoms with E-state index in [2.05, 4.69) is 45.1 Å². The average Bonchev–Trinajstić information content (AvgIpc) is 3.15. The number of benzene rings is 1. The predicted octanol–water partition coefficient (Wildman–Crippen LogP) is 0.942. The molecule has 3 rings (SSSR count). The van der Waals surface area contributed by atoms with Gasteiger partial charge in [-0.05, 0) is 30.2 Å². The zero-order chi connectivity index (χ0) is 16.9. The Hall–Kier alpha value is -2.08. The van der Waals surface area contributed by atoms with Crippen LogP contribution in [0.4, 0.5) is 4.79 Å². The van der Waals surface area contributed by atoms with Crippen molar-refractivity contribution in [3.05, 3.63) is 35.9 Å². The highest BCUT2D eigenvalue weighted by atomic mass is 16.2. The predicted molar refractivity (Wildman–Crippen MR) is 92.3 cm³/mol. The fourth-order valence-electron chi connectivity index (χ4n) is 3.98. The molecule has 24 heavy (non-hydrogen) atoms. The van der Waals surface area contributed by atoms with Gasteiger partial charge in [-0.3, -0.25) is 9.69 Å². The molecule has 6 nitrogen and oxygen atoms in total. The van der Waals surface area contributed by atoms with Crippen molar-refractivity contribution in [1.82, 2.24) is 20.9 Å². The zero-order valence-electron chi connectivity index (χ0n) is 14.1. The van der Waals surface area contributed by atoms with Crippen molar-refractivity contribution in [1.29, 1.82) is 0 Å². The molecule has 2 fully saturated rings. The molecule has 1 saturated heterocycles. The summed E-state index contributed by atoms with van der Waals surface area (Å²) in [5.74, 6) is 0.988. The molecule has 130 valence electrons. The molecule has 3 N–H and O–H groups in total. The first-order valence-corrected chi connectivity index (χ1v) is 8.67. The van der Waals surface area contributed by atoms with E-state index in [0.29, 0.717) is 11.8 Å². The number of nitrogens with one attached hydrogen (secondary N) is 3. The van der Waals surface area contributed by atoms with Gasteiger partial charge in [-0.15, -0.1) is 0 Å². The van der Waals surface area contributed by atoms with E-state index in [9.17, 15) is 9.59 Å². The first-order valence-electron chi connectivity index (χ1n) is 8.67. The Bertz CT molecular complexity index is 578. The van der Waals surface area contributed by atoms with Gasteiger partial charge in [0.15, 0.2) is 0 Å². The third kappa shape index (κ3) is 4.06. The van der Waals surface area contributed by atoms with E-state index in [4.69, 9.17) is 0 Å². The number of urea groups is 1. The van der Waals surface area contributed by atoms with Crippen LogP contribution in [0.15, 0.2) is 30.3 Å². The van der Waals surface area contributed by atoms with E-state index in [0.717, 1.165) is 32.5 Å². The second-order valence-electron chi connectivity index (χ2n) is 6.79. The number of likely N-dealkylation sites (N-methyl/N-ethyl adjacent to an activating group) is 1. The van der Waals surface area contributed by atoms with E-state index in [-0.39, 0.29) is 24.5 Å². The average molecular weight is 330 g/mol. The fraction of sp³-hybridized carbons (Fsp3) is 0.556. The maximum absolute atomic E-state index is 12.0. The lowest BCUT2D eigenvalue weighted by Gasteiger charge is -2.22. The van der Waals surface area contributed by atoms with Gasteiger partial charge in [-0.1, -0.05) is 30.3 Å². The summed E-state index contributed by atoms with van der Waals surface area (Å²) in [6.45, 7) is 3.13. The van der Waals surface area contributed by atoms with E-state index in [1.54, 1.807) is 7.05 Å². The molecule has 2 aliphatic rings. The van der Waals surface area contributed by atoms with Crippen LogP contribution >= 0.6 is 0 Å². The molecule has 1 aromatic carbocycles. The third-order valence-corrected chi connectivity index (χ3v) is 5.19. The Balaban J connectivity index is 1.48. The van der Waals surface area contributed by atoms with Crippen molar-refractivity contribution in [3.8, 4) is 0 Å². The maximum atomic E-state index is 12.0. The van der Waals surface area contributed by atoms with Crippen molar-refractivity contribution >= 4 is 11.9 Å². The van der Waals surface area contributed by atoms with E-state index in [1.165, 1.54) is 5.56 Å². The zero-order valence-corrected chi connectivity index (χ0v) is 14.1. The topological polar surface area (TPSA) is 73.5 Å². The van der Waals surface area contributed by atoms with Gasteiger partial charge >= 0.3 is 6.03 Å². The lowest BCUT2D eigenvalue weighted by molar-refractivity contribution is -0.119. The SMILES string of the molecule is CNC(=O)CNC(=O)NC1CCC2CN(Cc3ccccc3)CC21. The number of nitrogens with zero attached hydrogens (tertiary/aromatic N) is 1. The molecule has 3 unspecified atom stereocenters. The monoisotopic (exact) mass is 330 g/mol. The minimum absolute atomic E-state index is 0.0171. The molecule has 1 aliphatic carbocycles. The van der Waals surface area contributed by atoms with E-state index >= 15 is 0 Å². The van der Waals surface area contributed by atoms with E-state index in [1.807, 2.05) is 6.07 Å². The molecule has 0 spiro atoms. The molecule has 0 bridgehead atoms. The molecule has 1 heterocycles. The molecule has 0 radical (unpaired) electrons. The molecule has 1 aliphatic heterocycles. The Morgan fingerprint density at radius 1 is 1.17 bits per heavy atom. The van der Waals surface area contributed by atoms with Crippen molar-refractivity contribution < 1.29 is 9.59 Å². The molecule has 3 amide bonds. The number of amides is 3. The minimum atomic E-state index is -0.245. The fourth-order valence-corrected chi connectivity index (χ4v) is 3.98. The summed E-state index contributed by atoms with van der Waals surface area (Å²) in [5, 5.41) is 8.16. The second-order valence-corrected chi connectivity index (χ2v) is 6.79.